The molecule has 1 aromatic carbocycles. The minimum Gasteiger partial charge on any atom is -0.490 e. The molecule has 3 nitrogen and oxygen atoms in total. The van der Waals surface area contributed by atoms with Gasteiger partial charge in [-0.1, -0.05) is 11.6 Å². The van der Waals surface area contributed by atoms with Gasteiger partial charge >= 0.3 is 5.97 Å². The van der Waals surface area contributed by atoms with E-state index in [1.807, 2.05) is 13.8 Å². The van der Waals surface area contributed by atoms with Gasteiger partial charge < -0.3 is 9.47 Å². The zero-order valence-electron chi connectivity index (χ0n) is 10.8. The lowest BCUT2D eigenvalue weighted by Gasteiger charge is -2.12. The summed E-state index contributed by atoms with van der Waals surface area (Å²) in [6, 6.07) is 5.28. The number of carbonyl (C=O) groups excluding carboxylic acids is 1. The average molecular weight is 269 g/mol. The lowest BCUT2D eigenvalue weighted by molar-refractivity contribution is -0.137. The first-order chi connectivity index (χ1) is 8.52. The summed E-state index contributed by atoms with van der Waals surface area (Å²) in [7, 11) is 0. The van der Waals surface area contributed by atoms with Gasteiger partial charge in [-0.25, -0.2) is 4.79 Å². The summed E-state index contributed by atoms with van der Waals surface area (Å²) in [5, 5.41) is 0.592. The number of benzene rings is 1. The van der Waals surface area contributed by atoms with Crippen LogP contribution < -0.4 is 4.74 Å². The van der Waals surface area contributed by atoms with Crippen LogP contribution in [0.15, 0.2) is 24.3 Å². The molecule has 0 saturated carbocycles. The minimum absolute atomic E-state index is 0.0564. The fourth-order valence-electron chi connectivity index (χ4n) is 1.36. The summed E-state index contributed by atoms with van der Waals surface area (Å²) in [6.07, 6.45) is 3.06. The van der Waals surface area contributed by atoms with Crippen molar-refractivity contribution in [3.63, 3.8) is 0 Å². The van der Waals surface area contributed by atoms with Crippen LogP contribution in [0.2, 0.25) is 5.02 Å². The van der Waals surface area contributed by atoms with Crippen LogP contribution in [0.4, 0.5) is 0 Å². The summed E-state index contributed by atoms with van der Waals surface area (Å²) < 4.78 is 10.4. The number of esters is 1. The van der Waals surface area contributed by atoms with Gasteiger partial charge in [0, 0.05) is 16.7 Å². The molecule has 0 atom stereocenters. The van der Waals surface area contributed by atoms with Crippen molar-refractivity contribution in [1.82, 2.24) is 0 Å². The highest BCUT2D eigenvalue weighted by molar-refractivity contribution is 6.30. The van der Waals surface area contributed by atoms with Crippen LogP contribution in [0.5, 0.6) is 5.75 Å². The predicted octanol–water partition coefficient (Wildman–Crippen LogP) is 3.70. The third kappa shape index (κ3) is 4.80. The summed E-state index contributed by atoms with van der Waals surface area (Å²) in [6.45, 7) is 5.99. The Morgan fingerprint density at radius 1 is 1.44 bits per heavy atom. The average Bonchev–Trinajstić information content (AvgIpc) is 2.29. The fraction of sp³-hybridized carbons (Fsp3) is 0.357. The highest BCUT2D eigenvalue weighted by Crippen LogP contribution is 2.25. The van der Waals surface area contributed by atoms with Crippen LogP contribution in [0, 0.1) is 0 Å². The summed E-state index contributed by atoms with van der Waals surface area (Å²) in [5.41, 5.74) is 0.754. The van der Waals surface area contributed by atoms with Crippen LogP contribution in [-0.4, -0.2) is 18.7 Å². The molecule has 1 aromatic rings. The van der Waals surface area contributed by atoms with Crippen molar-refractivity contribution in [2.45, 2.75) is 26.9 Å². The summed E-state index contributed by atoms with van der Waals surface area (Å²) in [5.74, 6) is 0.308. The zero-order valence-corrected chi connectivity index (χ0v) is 11.5. The van der Waals surface area contributed by atoms with Gasteiger partial charge in [-0.2, -0.15) is 0 Å². The number of rotatable bonds is 5. The van der Waals surface area contributed by atoms with Gasteiger partial charge in [0.1, 0.15) is 5.75 Å². The van der Waals surface area contributed by atoms with E-state index < -0.39 is 0 Å². The third-order valence-electron chi connectivity index (χ3n) is 2.02. The maximum absolute atomic E-state index is 11.3. The van der Waals surface area contributed by atoms with E-state index >= 15 is 0 Å². The molecule has 0 heterocycles. The minimum atomic E-state index is -0.382. The Labute approximate surface area is 112 Å². The molecule has 98 valence electrons. The molecule has 0 N–H and O–H groups in total. The first kappa shape index (κ1) is 14.6. The highest BCUT2D eigenvalue weighted by atomic mass is 35.5. The second kappa shape index (κ2) is 7.07. The number of hydrogen-bond acceptors (Lipinski definition) is 3. The number of carbonyl (C=O) groups is 1. The summed E-state index contributed by atoms with van der Waals surface area (Å²) in [4.78, 5) is 11.3. The maximum atomic E-state index is 11.3. The van der Waals surface area contributed by atoms with Gasteiger partial charge in [0.25, 0.3) is 0 Å². The van der Waals surface area contributed by atoms with Crippen molar-refractivity contribution in [2.75, 3.05) is 6.61 Å². The fourth-order valence-corrected chi connectivity index (χ4v) is 1.54. The van der Waals surface area contributed by atoms with Crippen LogP contribution in [0.1, 0.15) is 26.3 Å². The van der Waals surface area contributed by atoms with Gasteiger partial charge in [0.2, 0.25) is 0 Å². The Hall–Kier alpha value is -1.48. The smallest absolute Gasteiger partial charge is 0.330 e. The molecule has 0 aliphatic carbocycles. The maximum Gasteiger partial charge on any atom is 0.330 e. The normalized spacial score (nSPS) is 10.9. The molecule has 4 heteroatoms. The molecule has 0 fully saturated rings. The molecule has 18 heavy (non-hydrogen) atoms. The largest absolute Gasteiger partial charge is 0.490 e. The molecule has 0 spiro atoms. The van der Waals surface area contributed by atoms with E-state index in [9.17, 15) is 4.79 Å². The second-order valence-corrected chi connectivity index (χ2v) is 4.37. The van der Waals surface area contributed by atoms with Crippen molar-refractivity contribution < 1.29 is 14.3 Å². The van der Waals surface area contributed by atoms with Gasteiger partial charge in [-0.3, -0.25) is 0 Å². The first-order valence-electron chi connectivity index (χ1n) is 5.84. The lowest BCUT2D eigenvalue weighted by atomic mass is 10.2. The topological polar surface area (TPSA) is 35.5 Å². The van der Waals surface area contributed by atoms with E-state index in [0.717, 1.165) is 5.56 Å². The molecule has 0 unspecified atom stereocenters. The Bertz CT molecular complexity index is 439. The molecule has 0 saturated heterocycles. The Morgan fingerprint density at radius 3 is 2.78 bits per heavy atom. The Balaban J connectivity index is 2.91. The summed E-state index contributed by atoms with van der Waals surface area (Å²) >= 11 is 5.92. The van der Waals surface area contributed by atoms with Crippen LogP contribution in [0.25, 0.3) is 6.08 Å². The molecule has 0 aromatic heterocycles. The third-order valence-corrected chi connectivity index (χ3v) is 2.26. The molecule has 0 amide bonds. The Kier molecular flexibility index (Phi) is 5.72. The van der Waals surface area contributed by atoms with Crippen molar-refractivity contribution >= 4 is 23.6 Å². The molecular weight excluding hydrogens is 252 g/mol. The Morgan fingerprint density at radius 2 is 2.17 bits per heavy atom. The van der Waals surface area contributed by atoms with Gasteiger partial charge in [-0.15, -0.1) is 0 Å². The predicted molar refractivity (Wildman–Crippen MR) is 72.9 cm³/mol. The van der Waals surface area contributed by atoms with Crippen molar-refractivity contribution in [1.29, 1.82) is 0 Å². The quantitative estimate of drug-likeness (QED) is 0.603. The van der Waals surface area contributed by atoms with Gasteiger partial charge in [0.05, 0.1) is 12.7 Å². The highest BCUT2D eigenvalue weighted by Gasteiger charge is 2.05. The zero-order chi connectivity index (χ0) is 13.5. The molecule has 0 aliphatic rings. The SMILES string of the molecule is CCOC(=O)C=Cc1cc(Cl)ccc1OC(C)C. The molecule has 0 aliphatic heterocycles. The van der Waals surface area contributed by atoms with E-state index in [4.69, 9.17) is 21.1 Å². The van der Waals surface area contributed by atoms with Crippen LogP contribution in [0.3, 0.4) is 0 Å². The molecular formula is C14H17ClO3. The number of halogens is 1. The monoisotopic (exact) mass is 268 g/mol. The number of hydrogen-bond donors (Lipinski definition) is 0. The standard InChI is InChI=1S/C14H17ClO3/c1-4-17-14(16)8-5-11-9-12(15)6-7-13(11)18-10(2)3/h5-10H,4H2,1-3H3. The van der Waals surface area contributed by atoms with Crippen molar-refractivity contribution in [3.05, 3.63) is 34.9 Å². The second-order valence-electron chi connectivity index (χ2n) is 3.93. The van der Waals surface area contributed by atoms with Crippen molar-refractivity contribution in [3.8, 4) is 5.75 Å². The van der Waals surface area contributed by atoms with Gasteiger partial charge in [-0.05, 0) is 45.0 Å². The molecule has 0 radical (unpaired) electrons. The van der Waals surface area contributed by atoms with Gasteiger partial charge in [0.15, 0.2) is 0 Å². The number of ether oxygens (including phenoxy) is 2. The van der Waals surface area contributed by atoms with E-state index in [1.54, 1.807) is 31.2 Å². The van der Waals surface area contributed by atoms with Crippen LogP contribution in [-0.2, 0) is 9.53 Å². The van der Waals surface area contributed by atoms with E-state index in [1.165, 1.54) is 6.08 Å². The van der Waals surface area contributed by atoms with E-state index in [0.29, 0.717) is 17.4 Å². The van der Waals surface area contributed by atoms with E-state index in [2.05, 4.69) is 0 Å². The van der Waals surface area contributed by atoms with Crippen molar-refractivity contribution in [2.24, 2.45) is 0 Å². The molecule has 0 bridgehead atoms. The van der Waals surface area contributed by atoms with Crippen LogP contribution >= 0.6 is 11.6 Å². The van der Waals surface area contributed by atoms with E-state index in [-0.39, 0.29) is 12.1 Å². The lowest BCUT2D eigenvalue weighted by Crippen LogP contribution is -2.06. The molecule has 1 rings (SSSR count). The first-order valence-corrected chi connectivity index (χ1v) is 6.21.